The Hall–Kier alpha value is -4.79. The number of pyridine rings is 1. The van der Waals surface area contributed by atoms with Crippen LogP contribution in [0.3, 0.4) is 0 Å². The molecule has 36 heavy (non-hydrogen) atoms. The van der Waals surface area contributed by atoms with Gasteiger partial charge in [0, 0.05) is 42.8 Å². The van der Waals surface area contributed by atoms with Gasteiger partial charge in [-0.2, -0.15) is 0 Å². The predicted octanol–water partition coefficient (Wildman–Crippen LogP) is 4.20. The lowest BCUT2D eigenvalue weighted by Gasteiger charge is -2.39. The molecule has 1 fully saturated rings. The van der Waals surface area contributed by atoms with E-state index in [1.807, 2.05) is 54.6 Å². The van der Waals surface area contributed by atoms with E-state index >= 15 is 0 Å². The first kappa shape index (κ1) is 23.0. The molecule has 0 spiro atoms. The largest absolute Gasteiger partial charge is 0.364 e. The maximum absolute atomic E-state index is 11.7. The highest BCUT2D eigenvalue weighted by molar-refractivity contribution is 6.00. The lowest BCUT2D eigenvalue weighted by Crippen LogP contribution is -2.56. The van der Waals surface area contributed by atoms with Crippen LogP contribution in [0.1, 0.15) is 6.92 Å². The molecule has 0 aliphatic carbocycles. The molecule has 1 aliphatic rings. The number of hydrogen-bond donors (Lipinski definition) is 3. The van der Waals surface area contributed by atoms with Gasteiger partial charge in [0.05, 0.1) is 23.4 Å². The first-order valence-electron chi connectivity index (χ1n) is 11.5. The SMILES string of the molecule is C=CC(=O)Nc1cccc(-c2cccc3cnc(Nc4ccc(NC5CN(C(C)=O)C5)nc4)nc23)c1. The van der Waals surface area contributed by atoms with Crippen molar-refractivity contribution < 1.29 is 9.59 Å². The van der Waals surface area contributed by atoms with Crippen LogP contribution in [0.25, 0.3) is 22.0 Å². The zero-order chi connectivity index (χ0) is 25.1. The lowest BCUT2D eigenvalue weighted by molar-refractivity contribution is -0.132. The van der Waals surface area contributed by atoms with E-state index in [1.54, 1.807) is 24.2 Å². The third kappa shape index (κ3) is 5.00. The third-order valence-corrected chi connectivity index (χ3v) is 5.94. The van der Waals surface area contributed by atoms with Gasteiger partial charge in [0.15, 0.2) is 0 Å². The van der Waals surface area contributed by atoms with Gasteiger partial charge in [-0.05, 0) is 35.9 Å². The standard InChI is InChI=1S/C27H25N7O2/c1-3-25(36)31-20-8-4-6-18(12-20)23-9-5-7-19-13-29-27(33-26(19)23)32-21-10-11-24(28-14-21)30-22-15-34(16-22)17(2)35/h3-14,22H,1,15-16H2,2H3,(H,28,30)(H,31,36)(H,29,32,33). The van der Waals surface area contributed by atoms with Gasteiger partial charge in [-0.15, -0.1) is 0 Å². The van der Waals surface area contributed by atoms with E-state index in [9.17, 15) is 9.59 Å². The first-order chi connectivity index (χ1) is 17.5. The highest BCUT2D eigenvalue weighted by Gasteiger charge is 2.28. The minimum absolute atomic E-state index is 0.0891. The average Bonchev–Trinajstić information content (AvgIpc) is 2.86. The summed E-state index contributed by atoms with van der Waals surface area (Å²) >= 11 is 0. The fourth-order valence-corrected chi connectivity index (χ4v) is 4.03. The fourth-order valence-electron chi connectivity index (χ4n) is 4.03. The highest BCUT2D eigenvalue weighted by Crippen LogP contribution is 2.30. The van der Waals surface area contributed by atoms with Crippen molar-refractivity contribution in [3.8, 4) is 11.1 Å². The molecule has 0 saturated carbocycles. The van der Waals surface area contributed by atoms with Crippen molar-refractivity contribution in [2.24, 2.45) is 0 Å². The number of hydrogen-bond acceptors (Lipinski definition) is 7. The second-order valence-corrected chi connectivity index (χ2v) is 8.53. The molecule has 0 bridgehead atoms. The van der Waals surface area contributed by atoms with Crippen molar-refractivity contribution in [1.82, 2.24) is 19.9 Å². The van der Waals surface area contributed by atoms with Crippen LogP contribution in [-0.2, 0) is 9.59 Å². The van der Waals surface area contributed by atoms with E-state index in [1.165, 1.54) is 6.08 Å². The van der Waals surface area contributed by atoms with Crippen LogP contribution in [0, 0.1) is 0 Å². The number of carbonyl (C=O) groups is 2. The van der Waals surface area contributed by atoms with Crippen LogP contribution < -0.4 is 16.0 Å². The molecule has 2 aromatic carbocycles. The number of fused-ring (bicyclic) bond motifs is 1. The van der Waals surface area contributed by atoms with Gasteiger partial charge in [-0.1, -0.05) is 36.9 Å². The molecule has 4 aromatic rings. The Balaban J connectivity index is 1.33. The third-order valence-electron chi connectivity index (χ3n) is 5.94. The number of benzene rings is 2. The first-order valence-corrected chi connectivity index (χ1v) is 11.5. The number of nitrogens with one attached hydrogen (secondary N) is 3. The van der Waals surface area contributed by atoms with Crippen LogP contribution in [0.15, 0.2) is 79.6 Å². The summed E-state index contributed by atoms with van der Waals surface area (Å²) in [7, 11) is 0. The summed E-state index contributed by atoms with van der Waals surface area (Å²) < 4.78 is 0. The number of likely N-dealkylation sites (tertiary alicyclic amines) is 1. The van der Waals surface area contributed by atoms with Crippen molar-refractivity contribution in [3.05, 3.63) is 79.6 Å². The van der Waals surface area contributed by atoms with E-state index in [4.69, 9.17) is 4.98 Å². The Labute approximate surface area is 208 Å². The minimum atomic E-state index is -0.264. The smallest absolute Gasteiger partial charge is 0.247 e. The number of rotatable bonds is 7. The van der Waals surface area contributed by atoms with Crippen LogP contribution in [-0.4, -0.2) is 50.8 Å². The molecule has 2 amide bonds. The zero-order valence-electron chi connectivity index (χ0n) is 19.7. The van der Waals surface area contributed by atoms with Gasteiger partial charge in [-0.3, -0.25) is 9.59 Å². The Kier molecular flexibility index (Phi) is 6.27. The summed E-state index contributed by atoms with van der Waals surface area (Å²) in [5, 5.41) is 10.2. The molecular formula is C27H25N7O2. The quantitative estimate of drug-likeness (QED) is 0.341. The highest BCUT2D eigenvalue weighted by atomic mass is 16.2. The number of nitrogens with zero attached hydrogens (tertiary/aromatic N) is 4. The maximum atomic E-state index is 11.7. The van der Waals surface area contributed by atoms with Gasteiger partial charge in [0.2, 0.25) is 17.8 Å². The normalized spacial score (nSPS) is 13.1. The second kappa shape index (κ2) is 9.83. The van der Waals surface area contributed by atoms with Crippen LogP contribution in [0.4, 0.5) is 23.1 Å². The number of aromatic nitrogens is 3. The van der Waals surface area contributed by atoms with Gasteiger partial charge in [-0.25, -0.2) is 15.0 Å². The van der Waals surface area contributed by atoms with Crippen LogP contribution in [0.2, 0.25) is 0 Å². The minimum Gasteiger partial charge on any atom is -0.364 e. The maximum Gasteiger partial charge on any atom is 0.247 e. The molecule has 9 nitrogen and oxygen atoms in total. The van der Waals surface area contributed by atoms with Gasteiger partial charge >= 0.3 is 0 Å². The van der Waals surface area contributed by atoms with Crippen molar-refractivity contribution >= 4 is 45.9 Å². The van der Waals surface area contributed by atoms with E-state index in [-0.39, 0.29) is 17.9 Å². The molecule has 3 N–H and O–H groups in total. The molecule has 0 radical (unpaired) electrons. The van der Waals surface area contributed by atoms with Gasteiger partial charge < -0.3 is 20.9 Å². The summed E-state index contributed by atoms with van der Waals surface area (Å²) in [5.74, 6) is 1.02. The Morgan fingerprint density at radius 1 is 1.03 bits per heavy atom. The number of anilines is 4. The number of para-hydroxylation sites is 1. The molecule has 2 aromatic heterocycles. The molecule has 1 aliphatic heterocycles. The van der Waals surface area contributed by atoms with Crippen molar-refractivity contribution in [2.45, 2.75) is 13.0 Å². The molecule has 3 heterocycles. The summed E-state index contributed by atoms with van der Waals surface area (Å²) in [6.07, 6.45) is 4.73. The molecule has 5 rings (SSSR count). The topological polar surface area (TPSA) is 112 Å². The van der Waals surface area contributed by atoms with E-state index in [0.29, 0.717) is 24.7 Å². The van der Waals surface area contributed by atoms with Crippen molar-refractivity contribution in [3.63, 3.8) is 0 Å². The summed E-state index contributed by atoms with van der Waals surface area (Å²) in [6, 6.07) is 17.5. The van der Waals surface area contributed by atoms with Gasteiger partial charge in [0.25, 0.3) is 0 Å². The van der Waals surface area contributed by atoms with E-state index in [0.717, 1.165) is 33.5 Å². The molecule has 1 saturated heterocycles. The summed E-state index contributed by atoms with van der Waals surface area (Å²) in [4.78, 5) is 38.5. The molecule has 180 valence electrons. The molecule has 0 unspecified atom stereocenters. The summed E-state index contributed by atoms with van der Waals surface area (Å²) in [6.45, 7) is 6.45. The average molecular weight is 480 g/mol. The Bertz CT molecular complexity index is 1450. The van der Waals surface area contributed by atoms with Crippen LogP contribution in [0.5, 0.6) is 0 Å². The lowest BCUT2D eigenvalue weighted by atomic mass is 10.0. The molecule has 9 heteroatoms. The number of carbonyl (C=O) groups excluding carboxylic acids is 2. The molecule has 0 atom stereocenters. The summed E-state index contributed by atoms with van der Waals surface area (Å²) in [5.41, 5.74) is 4.06. The fraction of sp³-hybridized carbons (Fsp3) is 0.148. The zero-order valence-corrected chi connectivity index (χ0v) is 19.7. The van der Waals surface area contributed by atoms with E-state index < -0.39 is 0 Å². The second-order valence-electron chi connectivity index (χ2n) is 8.53. The van der Waals surface area contributed by atoms with E-state index in [2.05, 4.69) is 32.5 Å². The molecular weight excluding hydrogens is 454 g/mol. The van der Waals surface area contributed by atoms with Crippen molar-refractivity contribution in [1.29, 1.82) is 0 Å². The predicted molar refractivity (Wildman–Crippen MR) is 141 cm³/mol. The monoisotopic (exact) mass is 479 g/mol. The Morgan fingerprint density at radius 2 is 1.86 bits per heavy atom. The Morgan fingerprint density at radius 3 is 2.61 bits per heavy atom. The van der Waals surface area contributed by atoms with Gasteiger partial charge in [0.1, 0.15) is 5.82 Å². The number of amides is 2. The van der Waals surface area contributed by atoms with Crippen molar-refractivity contribution in [2.75, 3.05) is 29.0 Å². The van der Waals surface area contributed by atoms with Crippen LogP contribution >= 0.6 is 0 Å².